The number of carboxylic acids is 1. The third-order valence-corrected chi connectivity index (χ3v) is 3.38. The predicted octanol–water partition coefficient (Wildman–Crippen LogP) is 2.88. The van der Waals surface area contributed by atoms with E-state index >= 15 is 0 Å². The lowest BCUT2D eigenvalue weighted by Crippen LogP contribution is -2.37. The molecule has 2 amide bonds. The predicted molar refractivity (Wildman–Crippen MR) is 77.1 cm³/mol. The summed E-state index contributed by atoms with van der Waals surface area (Å²) in [4.78, 5) is 25.0. The monoisotopic (exact) mass is 274 g/mol. The van der Waals surface area contributed by atoms with E-state index in [2.05, 4.69) is 11.9 Å². The van der Waals surface area contributed by atoms with Crippen molar-refractivity contribution in [1.82, 2.24) is 4.90 Å². The molecule has 2 rings (SSSR count). The molecule has 1 aromatic rings. The molecular weight excluding hydrogens is 256 g/mol. The second-order valence-electron chi connectivity index (χ2n) is 4.89. The molecule has 106 valence electrons. The van der Waals surface area contributed by atoms with Gasteiger partial charge in [0.15, 0.2) is 0 Å². The van der Waals surface area contributed by atoms with Crippen molar-refractivity contribution in [2.45, 2.75) is 25.8 Å². The number of carboxylic acid groups (broad SMARTS) is 1. The topological polar surface area (TPSA) is 69.6 Å². The smallest absolute Gasteiger partial charge is 0.336 e. The molecule has 0 unspecified atom stereocenters. The van der Waals surface area contributed by atoms with E-state index in [1.54, 1.807) is 30.0 Å². The van der Waals surface area contributed by atoms with Crippen molar-refractivity contribution in [2.24, 2.45) is 0 Å². The third-order valence-electron chi connectivity index (χ3n) is 3.38. The lowest BCUT2D eigenvalue weighted by Gasteiger charge is -2.22. The standard InChI is InChI=1S/C15H18N2O3/c1-3-9-17(11-7-8-11)15(20)16-13-6-4-5-12(10(13)2)14(18)19/h3-6,11H,1,7-9H2,2H3,(H,16,20)(H,18,19). The van der Waals surface area contributed by atoms with Crippen LogP contribution in [0.5, 0.6) is 0 Å². The molecule has 0 aliphatic heterocycles. The number of benzene rings is 1. The zero-order valence-corrected chi connectivity index (χ0v) is 11.4. The summed E-state index contributed by atoms with van der Waals surface area (Å²) in [5.41, 5.74) is 1.29. The second kappa shape index (κ2) is 5.77. The molecule has 0 atom stereocenters. The first-order chi connectivity index (χ1) is 9.54. The maximum absolute atomic E-state index is 12.2. The molecule has 20 heavy (non-hydrogen) atoms. The minimum Gasteiger partial charge on any atom is -0.478 e. The summed E-state index contributed by atoms with van der Waals surface area (Å²) in [5, 5.41) is 11.9. The Morgan fingerprint density at radius 2 is 2.20 bits per heavy atom. The Kier molecular flexibility index (Phi) is 4.08. The van der Waals surface area contributed by atoms with Crippen molar-refractivity contribution in [2.75, 3.05) is 11.9 Å². The normalized spacial score (nSPS) is 13.7. The molecule has 1 aromatic carbocycles. The Hall–Kier alpha value is -2.30. The van der Waals surface area contributed by atoms with Gasteiger partial charge in [0.05, 0.1) is 5.56 Å². The van der Waals surface area contributed by atoms with Gasteiger partial charge < -0.3 is 15.3 Å². The van der Waals surface area contributed by atoms with E-state index in [0.717, 1.165) is 12.8 Å². The van der Waals surface area contributed by atoms with E-state index in [1.807, 2.05) is 0 Å². The lowest BCUT2D eigenvalue weighted by atomic mass is 10.1. The number of urea groups is 1. The molecular formula is C15H18N2O3. The Balaban J connectivity index is 2.16. The lowest BCUT2D eigenvalue weighted by molar-refractivity contribution is 0.0696. The van der Waals surface area contributed by atoms with Crippen LogP contribution in [0.1, 0.15) is 28.8 Å². The summed E-state index contributed by atoms with van der Waals surface area (Å²) < 4.78 is 0. The quantitative estimate of drug-likeness (QED) is 0.811. The molecule has 0 bridgehead atoms. The van der Waals surface area contributed by atoms with Crippen molar-refractivity contribution in [3.8, 4) is 0 Å². The largest absolute Gasteiger partial charge is 0.478 e. The van der Waals surface area contributed by atoms with Crippen LogP contribution in [-0.4, -0.2) is 34.6 Å². The van der Waals surface area contributed by atoms with Gasteiger partial charge in [-0.25, -0.2) is 9.59 Å². The average Bonchev–Trinajstić information content (AvgIpc) is 3.22. The van der Waals surface area contributed by atoms with E-state index in [-0.39, 0.29) is 17.6 Å². The van der Waals surface area contributed by atoms with Crippen LogP contribution in [0.15, 0.2) is 30.9 Å². The molecule has 0 saturated heterocycles. The Labute approximate surface area is 117 Å². The third kappa shape index (κ3) is 2.99. The summed E-state index contributed by atoms with van der Waals surface area (Å²) in [6, 6.07) is 4.92. The number of anilines is 1. The van der Waals surface area contributed by atoms with Gasteiger partial charge in [0, 0.05) is 18.3 Å². The average molecular weight is 274 g/mol. The highest BCUT2D eigenvalue weighted by Crippen LogP contribution is 2.28. The van der Waals surface area contributed by atoms with Gasteiger partial charge in [-0.2, -0.15) is 0 Å². The molecule has 0 heterocycles. The molecule has 2 N–H and O–H groups in total. The fourth-order valence-corrected chi connectivity index (χ4v) is 2.11. The Bertz CT molecular complexity index is 550. The van der Waals surface area contributed by atoms with Gasteiger partial charge in [-0.1, -0.05) is 12.1 Å². The maximum Gasteiger partial charge on any atom is 0.336 e. The zero-order valence-electron chi connectivity index (χ0n) is 11.4. The van der Waals surface area contributed by atoms with Crippen molar-refractivity contribution in [3.05, 3.63) is 42.0 Å². The van der Waals surface area contributed by atoms with Gasteiger partial charge in [-0.15, -0.1) is 6.58 Å². The van der Waals surface area contributed by atoms with E-state index in [9.17, 15) is 9.59 Å². The molecule has 1 aliphatic rings. The summed E-state index contributed by atoms with van der Waals surface area (Å²) in [6.45, 7) is 5.84. The highest BCUT2D eigenvalue weighted by Gasteiger charge is 2.31. The molecule has 1 saturated carbocycles. The molecule has 0 spiro atoms. The Morgan fingerprint density at radius 1 is 1.50 bits per heavy atom. The van der Waals surface area contributed by atoms with Gasteiger partial charge in [-0.3, -0.25) is 0 Å². The molecule has 5 nitrogen and oxygen atoms in total. The van der Waals surface area contributed by atoms with Gasteiger partial charge in [0.25, 0.3) is 0 Å². The second-order valence-corrected chi connectivity index (χ2v) is 4.89. The van der Waals surface area contributed by atoms with Gasteiger partial charge in [0.1, 0.15) is 0 Å². The van der Waals surface area contributed by atoms with Gasteiger partial charge in [0.2, 0.25) is 0 Å². The van der Waals surface area contributed by atoms with Crippen LogP contribution in [0.25, 0.3) is 0 Å². The highest BCUT2D eigenvalue weighted by atomic mass is 16.4. The summed E-state index contributed by atoms with van der Waals surface area (Å²) in [7, 11) is 0. The minimum absolute atomic E-state index is 0.199. The van der Waals surface area contributed by atoms with Crippen LogP contribution < -0.4 is 5.32 Å². The van der Waals surface area contributed by atoms with E-state index < -0.39 is 5.97 Å². The van der Waals surface area contributed by atoms with Crippen molar-refractivity contribution >= 4 is 17.7 Å². The number of nitrogens with zero attached hydrogens (tertiary/aromatic N) is 1. The maximum atomic E-state index is 12.2. The Morgan fingerprint density at radius 3 is 2.75 bits per heavy atom. The first-order valence-corrected chi connectivity index (χ1v) is 6.56. The minimum atomic E-state index is -0.997. The molecule has 0 aromatic heterocycles. The first-order valence-electron chi connectivity index (χ1n) is 6.56. The summed E-state index contributed by atoms with van der Waals surface area (Å²) in [6.07, 6.45) is 3.71. The number of hydrogen-bond donors (Lipinski definition) is 2. The van der Waals surface area contributed by atoms with E-state index in [0.29, 0.717) is 17.8 Å². The van der Waals surface area contributed by atoms with Crippen LogP contribution in [0.4, 0.5) is 10.5 Å². The number of hydrogen-bond acceptors (Lipinski definition) is 2. The van der Waals surface area contributed by atoms with Crippen LogP contribution in [0.3, 0.4) is 0 Å². The first kappa shape index (κ1) is 14.1. The SMILES string of the molecule is C=CCN(C(=O)Nc1cccc(C(=O)O)c1C)C1CC1. The number of rotatable bonds is 5. The van der Waals surface area contributed by atoms with Crippen LogP contribution in [0.2, 0.25) is 0 Å². The fourth-order valence-electron chi connectivity index (χ4n) is 2.11. The summed E-state index contributed by atoms with van der Waals surface area (Å²) >= 11 is 0. The fraction of sp³-hybridized carbons (Fsp3) is 0.333. The number of nitrogens with one attached hydrogen (secondary N) is 1. The van der Waals surface area contributed by atoms with Crippen LogP contribution >= 0.6 is 0 Å². The number of aromatic carboxylic acids is 1. The molecule has 1 fully saturated rings. The van der Waals surface area contributed by atoms with Crippen molar-refractivity contribution in [1.29, 1.82) is 0 Å². The number of amides is 2. The van der Waals surface area contributed by atoms with Crippen molar-refractivity contribution < 1.29 is 14.7 Å². The highest BCUT2D eigenvalue weighted by molar-refractivity contribution is 5.95. The summed E-state index contributed by atoms with van der Waals surface area (Å²) in [5.74, 6) is -0.997. The van der Waals surface area contributed by atoms with E-state index in [4.69, 9.17) is 5.11 Å². The van der Waals surface area contributed by atoms with E-state index in [1.165, 1.54) is 6.07 Å². The van der Waals surface area contributed by atoms with Crippen LogP contribution in [0, 0.1) is 6.92 Å². The van der Waals surface area contributed by atoms with Gasteiger partial charge >= 0.3 is 12.0 Å². The van der Waals surface area contributed by atoms with Crippen LogP contribution in [-0.2, 0) is 0 Å². The number of carbonyl (C=O) groups excluding carboxylic acids is 1. The molecule has 1 aliphatic carbocycles. The molecule has 0 radical (unpaired) electrons. The van der Waals surface area contributed by atoms with Crippen molar-refractivity contribution in [3.63, 3.8) is 0 Å². The zero-order chi connectivity index (χ0) is 14.7. The van der Waals surface area contributed by atoms with Gasteiger partial charge in [-0.05, 0) is 37.5 Å². The number of carbonyl (C=O) groups is 2. The molecule has 5 heteroatoms.